The van der Waals surface area contributed by atoms with Crippen LogP contribution in [0.15, 0.2) is 21.7 Å². The molecular formula is C10H10BrN5O3S. The zero-order chi connectivity index (χ0) is 14.7. The van der Waals surface area contributed by atoms with Crippen molar-refractivity contribution in [2.75, 3.05) is 11.9 Å². The molecule has 0 spiro atoms. The van der Waals surface area contributed by atoms with Crippen LogP contribution in [0.5, 0.6) is 0 Å². The fourth-order valence-corrected chi connectivity index (χ4v) is 2.69. The van der Waals surface area contributed by atoms with Gasteiger partial charge in [0.05, 0.1) is 22.1 Å². The van der Waals surface area contributed by atoms with E-state index in [0.717, 1.165) is 11.5 Å². The normalized spacial score (nSPS) is 10.5. The Morgan fingerprint density at radius 2 is 2.30 bits per heavy atom. The molecule has 20 heavy (non-hydrogen) atoms. The van der Waals surface area contributed by atoms with E-state index in [0.29, 0.717) is 12.2 Å². The largest absolute Gasteiger partial charge is 0.374 e. The summed E-state index contributed by atoms with van der Waals surface area (Å²) in [5.74, 6) is 0. The van der Waals surface area contributed by atoms with Gasteiger partial charge in [-0.3, -0.25) is 14.9 Å². The van der Waals surface area contributed by atoms with Crippen LogP contribution in [0.2, 0.25) is 0 Å². The van der Waals surface area contributed by atoms with Crippen LogP contribution in [-0.2, 0) is 6.54 Å². The minimum Gasteiger partial charge on any atom is -0.374 e. The molecule has 0 fully saturated rings. The molecule has 106 valence electrons. The molecule has 0 saturated carbocycles. The zero-order valence-electron chi connectivity index (χ0n) is 10.4. The molecule has 0 aromatic carbocycles. The maximum absolute atomic E-state index is 11.6. The van der Waals surface area contributed by atoms with Gasteiger partial charge in [-0.15, -0.1) is 5.10 Å². The highest BCUT2D eigenvalue weighted by molar-refractivity contribution is 9.10. The van der Waals surface area contributed by atoms with Crippen LogP contribution in [0.4, 0.5) is 10.7 Å². The molecule has 2 aromatic heterocycles. The molecule has 2 heterocycles. The minimum atomic E-state index is -0.700. The molecule has 0 radical (unpaired) electrons. The van der Waals surface area contributed by atoms with Gasteiger partial charge in [-0.2, -0.15) is 0 Å². The van der Waals surface area contributed by atoms with Gasteiger partial charge < -0.3 is 9.88 Å². The lowest BCUT2D eigenvalue weighted by atomic mass is 10.3. The van der Waals surface area contributed by atoms with Crippen molar-refractivity contribution in [2.24, 2.45) is 0 Å². The Morgan fingerprint density at radius 1 is 1.55 bits per heavy atom. The number of nitrogens with zero attached hydrogens (tertiary/aromatic N) is 4. The molecule has 2 rings (SSSR count). The molecule has 0 saturated heterocycles. The highest BCUT2D eigenvalue weighted by Gasteiger charge is 2.17. The number of nitro groups is 1. The van der Waals surface area contributed by atoms with Crippen LogP contribution < -0.4 is 10.7 Å². The third kappa shape index (κ3) is 3.02. The summed E-state index contributed by atoms with van der Waals surface area (Å²) in [5, 5.41) is 18.7. The van der Waals surface area contributed by atoms with Crippen LogP contribution >= 0.6 is 27.5 Å². The fourth-order valence-electron chi connectivity index (χ4n) is 1.58. The van der Waals surface area contributed by atoms with Crippen molar-refractivity contribution in [3.63, 3.8) is 0 Å². The topological polar surface area (TPSA) is 103 Å². The number of aromatic nitrogens is 3. The second-order valence-corrected chi connectivity index (χ2v) is 5.44. The van der Waals surface area contributed by atoms with Gasteiger partial charge in [0.1, 0.15) is 10.7 Å². The molecule has 0 aliphatic carbocycles. The molecule has 0 unspecified atom stereocenters. The third-order valence-corrected chi connectivity index (χ3v) is 3.73. The molecule has 8 nitrogen and oxygen atoms in total. The number of rotatable bonds is 5. The first-order valence-corrected chi connectivity index (χ1v) is 7.18. The molecule has 2 aromatic rings. The van der Waals surface area contributed by atoms with Gasteiger partial charge in [0.25, 0.3) is 5.43 Å². The van der Waals surface area contributed by atoms with Crippen molar-refractivity contribution in [3.05, 3.63) is 42.9 Å². The maximum Gasteiger partial charge on any atom is 0.333 e. The number of halogens is 1. The molecule has 10 heteroatoms. The fraction of sp³-hybridized carbons (Fsp3) is 0.300. The Labute approximate surface area is 125 Å². The smallest absolute Gasteiger partial charge is 0.333 e. The number of pyridine rings is 1. The summed E-state index contributed by atoms with van der Waals surface area (Å²) in [7, 11) is 0. The average molecular weight is 360 g/mol. The molecular weight excluding hydrogens is 350 g/mol. The Kier molecular flexibility index (Phi) is 4.45. The lowest BCUT2D eigenvalue weighted by Gasteiger charge is -2.06. The quantitative estimate of drug-likeness (QED) is 0.645. The van der Waals surface area contributed by atoms with E-state index in [1.54, 1.807) is 0 Å². The first-order valence-electron chi connectivity index (χ1n) is 5.62. The minimum absolute atomic E-state index is 0.139. The number of hydrogen-bond acceptors (Lipinski definition) is 7. The molecule has 1 N–H and O–H groups in total. The summed E-state index contributed by atoms with van der Waals surface area (Å²) < 4.78 is 5.51. The Bertz CT molecular complexity index is 698. The molecule has 0 aliphatic heterocycles. The molecule has 0 amide bonds. The van der Waals surface area contributed by atoms with Crippen molar-refractivity contribution >= 4 is 38.2 Å². The van der Waals surface area contributed by atoms with E-state index in [9.17, 15) is 14.9 Å². The number of nitrogens with one attached hydrogen (secondary N) is 1. The average Bonchev–Trinajstić information content (AvgIpc) is 2.81. The number of hydrogen-bond donors (Lipinski definition) is 1. The van der Waals surface area contributed by atoms with E-state index in [1.807, 2.05) is 6.92 Å². The van der Waals surface area contributed by atoms with Crippen molar-refractivity contribution < 1.29 is 4.92 Å². The van der Waals surface area contributed by atoms with Gasteiger partial charge >= 0.3 is 5.69 Å². The first-order chi connectivity index (χ1) is 9.52. The lowest BCUT2D eigenvalue weighted by molar-refractivity contribution is -0.386. The second kappa shape index (κ2) is 6.09. The highest BCUT2D eigenvalue weighted by atomic mass is 79.9. The summed E-state index contributed by atoms with van der Waals surface area (Å²) in [5.41, 5.74) is -0.455. The van der Waals surface area contributed by atoms with Gasteiger partial charge in [0.15, 0.2) is 0 Å². The summed E-state index contributed by atoms with van der Waals surface area (Å²) in [4.78, 5) is 21.7. The van der Waals surface area contributed by atoms with Crippen LogP contribution in [0, 0.1) is 10.1 Å². The standard InChI is InChI=1S/C10H10BrN5O3S/c1-2-12-10-7(13-14-20-10)4-15-3-6(11)9(17)8(5-15)16(18)19/h3,5,12H,2,4H2,1H3. The predicted molar refractivity (Wildman–Crippen MR) is 78.2 cm³/mol. The van der Waals surface area contributed by atoms with Gasteiger partial charge in [-0.25, -0.2) is 0 Å². The molecule has 0 bridgehead atoms. The van der Waals surface area contributed by atoms with Gasteiger partial charge in [-0.1, -0.05) is 4.49 Å². The Hall–Kier alpha value is -1.81. The van der Waals surface area contributed by atoms with Gasteiger partial charge in [0.2, 0.25) is 0 Å². The zero-order valence-corrected chi connectivity index (χ0v) is 12.8. The Balaban J connectivity index is 2.36. The Morgan fingerprint density at radius 3 is 2.95 bits per heavy atom. The van der Waals surface area contributed by atoms with E-state index >= 15 is 0 Å². The summed E-state index contributed by atoms with van der Waals surface area (Å²) >= 11 is 4.25. The van der Waals surface area contributed by atoms with Gasteiger partial charge in [-0.05, 0) is 22.9 Å². The van der Waals surface area contributed by atoms with Crippen molar-refractivity contribution in [1.82, 2.24) is 14.2 Å². The van der Waals surface area contributed by atoms with E-state index in [2.05, 4.69) is 30.8 Å². The van der Waals surface area contributed by atoms with Crippen LogP contribution in [0.1, 0.15) is 12.6 Å². The van der Waals surface area contributed by atoms with Crippen molar-refractivity contribution in [3.8, 4) is 0 Å². The first kappa shape index (κ1) is 14.6. The maximum atomic E-state index is 11.6. The SMILES string of the molecule is CCNc1snnc1Cn1cc(Br)c(=O)c([N+](=O)[O-])c1. The van der Waals surface area contributed by atoms with Gasteiger partial charge in [0, 0.05) is 24.3 Å². The van der Waals surface area contributed by atoms with E-state index in [-0.39, 0.29) is 4.47 Å². The number of anilines is 1. The summed E-state index contributed by atoms with van der Waals surface area (Å²) in [6.45, 7) is 2.97. The predicted octanol–water partition coefficient (Wildman–Crippen LogP) is 1.85. The summed E-state index contributed by atoms with van der Waals surface area (Å²) in [6.07, 6.45) is 2.69. The highest BCUT2D eigenvalue weighted by Crippen LogP contribution is 2.19. The van der Waals surface area contributed by atoms with Crippen LogP contribution in [-0.4, -0.2) is 25.6 Å². The lowest BCUT2D eigenvalue weighted by Crippen LogP contribution is -2.14. The molecule has 0 aliphatic rings. The second-order valence-electron chi connectivity index (χ2n) is 3.83. The van der Waals surface area contributed by atoms with Crippen molar-refractivity contribution in [1.29, 1.82) is 0 Å². The monoisotopic (exact) mass is 359 g/mol. The molecule has 0 atom stereocenters. The van der Waals surface area contributed by atoms with Crippen molar-refractivity contribution in [2.45, 2.75) is 13.5 Å². The van der Waals surface area contributed by atoms with Crippen LogP contribution in [0.25, 0.3) is 0 Å². The van der Waals surface area contributed by atoms with E-state index in [4.69, 9.17) is 0 Å². The van der Waals surface area contributed by atoms with Crippen LogP contribution in [0.3, 0.4) is 0 Å². The summed E-state index contributed by atoms with van der Waals surface area (Å²) in [6, 6.07) is 0. The third-order valence-electron chi connectivity index (χ3n) is 2.44. The van der Waals surface area contributed by atoms with E-state index < -0.39 is 16.0 Å². The van der Waals surface area contributed by atoms with E-state index in [1.165, 1.54) is 28.5 Å².